The van der Waals surface area contributed by atoms with Crippen molar-refractivity contribution in [1.29, 1.82) is 0 Å². The lowest BCUT2D eigenvalue weighted by atomic mass is 9.62. The van der Waals surface area contributed by atoms with Crippen molar-refractivity contribution in [2.45, 2.75) is 49.7 Å². The average Bonchev–Trinajstić information content (AvgIpc) is 2.97. The maximum absolute atomic E-state index is 9.98. The quantitative estimate of drug-likeness (QED) is 0.923. The van der Waals surface area contributed by atoms with Gasteiger partial charge in [0.25, 0.3) is 0 Å². The Morgan fingerprint density at radius 1 is 1.12 bits per heavy atom. The Balaban J connectivity index is 1.39. The maximum Gasteiger partial charge on any atom is 0.124 e. The molecule has 2 bridgehead atoms. The van der Waals surface area contributed by atoms with E-state index < -0.39 is 0 Å². The molecule has 3 heteroatoms. The van der Waals surface area contributed by atoms with Crippen LogP contribution in [0, 0.1) is 0 Å². The Hall–Kier alpha value is -2.00. The van der Waals surface area contributed by atoms with Gasteiger partial charge in [-0.25, -0.2) is 0 Å². The van der Waals surface area contributed by atoms with Crippen LogP contribution in [0.25, 0.3) is 0 Å². The minimum atomic E-state index is 0.125. The van der Waals surface area contributed by atoms with E-state index in [0.717, 1.165) is 31.7 Å². The Kier molecular flexibility index (Phi) is 3.53. The molecule has 2 aromatic carbocycles. The number of aromatic hydroxyl groups is 1. The number of benzene rings is 2. The fourth-order valence-corrected chi connectivity index (χ4v) is 5.39. The minimum Gasteiger partial charge on any atom is -0.508 e. The molecule has 5 rings (SSSR count). The molecular formula is C22H25NO2. The van der Waals surface area contributed by atoms with Gasteiger partial charge in [-0.15, -0.1) is 0 Å². The van der Waals surface area contributed by atoms with Crippen LogP contribution in [0.2, 0.25) is 0 Å². The summed E-state index contributed by atoms with van der Waals surface area (Å²) in [6.07, 6.45) is 6.16. The van der Waals surface area contributed by atoms with Crippen molar-refractivity contribution in [3.63, 3.8) is 0 Å². The van der Waals surface area contributed by atoms with Gasteiger partial charge in [0.05, 0.1) is 0 Å². The van der Waals surface area contributed by atoms with Crippen LogP contribution in [-0.2, 0) is 11.8 Å². The number of likely N-dealkylation sites (tertiary alicyclic amines) is 1. The summed E-state index contributed by atoms with van der Waals surface area (Å²) in [5.41, 5.74) is 2.79. The highest BCUT2D eigenvalue weighted by Gasteiger charge is 2.57. The summed E-state index contributed by atoms with van der Waals surface area (Å²) in [6, 6.07) is 16.9. The molecule has 3 atom stereocenters. The summed E-state index contributed by atoms with van der Waals surface area (Å²) >= 11 is 0. The van der Waals surface area contributed by atoms with Crippen molar-refractivity contribution >= 4 is 0 Å². The number of hydrogen-bond acceptors (Lipinski definition) is 3. The first kappa shape index (κ1) is 15.3. The number of hydrogen-bond donors (Lipinski definition) is 1. The fraction of sp³-hybridized carbons (Fsp3) is 0.455. The van der Waals surface area contributed by atoms with Gasteiger partial charge in [-0.3, -0.25) is 4.90 Å². The summed E-state index contributed by atoms with van der Waals surface area (Å²) in [7, 11) is 0. The zero-order valence-electron chi connectivity index (χ0n) is 14.5. The van der Waals surface area contributed by atoms with Gasteiger partial charge in [0, 0.05) is 23.6 Å². The standard InChI is InChI=1S/C22H25NO2/c24-17-8-9-20-18(15-17)22-11-4-7-19(21(22)25-20)23(14-12-22)13-10-16-5-2-1-3-6-16/h1-3,5-6,8-9,15,19,21,24H,4,7,10-14H2/t19-,21+,22-/m1/s1. The van der Waals surface area contributed by atoms with Gasteiger partial charge < -0.3 is 9.84 Å². The van der Waals surface area contributed by atoms with Gasteiger partial charge in [0.1, 0.15) is 17.6 Å². The van der Waals surface area contributed by atoms with Crippen molar-refractivity contribution in [3.05, 3.63) is 59.7 Å². The molecule has 0 amide bonds. The molecule has 1 N–H and O–H groups in total. The molecule has 1 aliphatic carbocycles. The molecule has 2 aliphatic heterocycles. The highest BCUT2D eigenvalue weighted by molar-refractivity contribution is 5.50. The molecule has 3 aliphatic rings. The van der Waals surface area contributed by atoms with Crippen molar-refractivity contribution in [2.24, 2.45) is 0 Å². The molecule has 1 saturated carbocycles. The molecule has 0 spiro atoms. The average molecular weight is 335 g/mol. The molecular weight excluding hydrogens is 310 g/mol. The summed E-state index contributed by atoms with van der Waals surface area (Å²) in [5, 5.41) is 9.98. The van der Waals surface area contributed by atoms with Crippen molar-refractivity contribution in [2.75, 3.05) is 13.1 Å². The molecule has 2 fully saturated rings. The second kappa shape index (κ2) is 5.77. The monoisotopic (exact) mass is 335 g/mol. The van der Waals surface area contributed by atoms with Gasteiger partial charge in [-0.05, 0) is 56.0 Å². The van der Waals surface area contributed by atoms with E-state index in [2.05, 4.69) is 35.2 Å². The predicted octanol–water partition coefficient (Wildman–Crippen LogP) is 3.89. The van der Waals surface area contributed by atoms with Crippen LogP contribution in [0.4, 0.5) is 0 Å². The number of nitrogens with zero attached hydrogens (tertiary/aromatic N) is 1. The first-order valence-electron chi connectivity index (χ1n) is 9.54. The Morgan fingerprint density at radius 3 is 2.88 bits per heavy atom. The highest BCUT2D eigenvalue weighted by Crippen LogP contribution is 2.56. The van der Waals surface area contributed by atoms with Crippen LogP contribution in [0.3, 0.4) is 0 Å². The summed E-state index contributed by atoms with van der Waals surface area (Å²) in [4.78, 5) is 2.65. The third-order valence-corrected chi connectivity index (χ3v) is 6.62. The topological polar surface area (TPSA) is 32.7 Å². The first-order valence-corrected chi connectivity index (χ1v) is 9.54. The lowest BCUT2D eigenvalue weighted by Gasteiger charge is -2.52. The summed E-state index contributed by atoms with van der Waals surface area (Å²) < 4.78 is 6.45. The summed E-state index contributed by atoms with van der Waals surface area (Å²) in [5.74, 6) is 1.37. The number of piperidine rings is 1. The van der Waals surface area contributed by atoms with E-state index in [1.807, 2.05) is 12.1 Å². The zero-order chi connectivity index (χ0) is 16.9. The smallest absolute Gasteiger partial charge is 0.124 e. The molecule has 2 heterocycles. The normalized spacial score (nSPS) is 30.4. The lowest BCUT2D eigenvalue weighted by molar-refractivity contribution is -0.0412. The number of ether oxygens (including phenoxy) is 1. The Labute approximate surface area is 149 Å². The first-order chi connectivity index (χ1) is 12.3. The van der Waals surface area contributed by atoms with Crippen LogP contribution >= 0.6 is 0 Å². The number of rotatable bonds is 3. The van der Waals surface area contributed by atoms with Gasteiger partial charge in [0.15, 0.2) is 0 Å². The van der Waals surface area contributed by atoms with Crippen molar-refractivity contribution < 1.29 is 9.84 Å². The number of phenolic OH excluding ortho intramolecular Hbond substituents is 1. The van der Waals surface area contributed by atoms with E-state index in [9.17, 15) is 5.11 Å². The van der Waals surface area contributed by atoms with E-state index >= 15 is 0 Å². The zero-order valence-corrected chi connectivity index (χ0v) is 14.5. The van der Waals surface area contributed by atoms with Crippen LogP contribution in [0.1, 0.15) is 36.8 Å². The third-order valence-electron chi connectivity index (χ3n) is 6.62. The molecule has 0 radical (unpaired) electrons. The van der Waals surface area contributed by atoms with E-state index in [1.165, 1.54) is 30.4 Å². The maximum atomic E-state index is 9.98. The Morgan fingerprint density at radius 2 is 2.00 bits per heavy atom. The number of phenols is 1. The highest BCUT2D eigenvalue weighted by atomic mass is 16.5. The summed E-state index contributed by atoms with van der Waals surface area (Å²) in [6.45, 7) is 2.23. The second-order valence-corrected chi connectivity index (χ2v) is 7.86. The van der Waals surface area contributed by atoms with Crippen LogP contribution in [-0.4, -0.2) is 35.2 Å². The fourth-order valence-electron chi connectivity index (χ4n) is 5.39. The molecule has 3 nitrogen and oxygen atoms in total. The van der Waals surface area contributed by atoms with E-state index in [4.69, 9.17) is 4.74 Å². The molecule has 0 aromatic heterocycles. The number of fused-ring (bicyclic) bond motifs is 1. The van der Waals surface area contributed by atoms with Crippen LogP contribution < -0.4 is 4.74 Å². The lowest BCUT2D eigenvalue weighted by Crippen LogP contribution is -2.62. The molecule has 0 unspecified atom stereocenters. The van der Waals surface area contributed by atoms with Gasteiger partial charge in [0.2, 0.25) is 0 Å². The van der Waals surface area contributed by atoms with E-state index in [1.54, 1.807) is 6.07 Å². The second-order valence-electron chi connectivity index (χ2n) is 7.86. The third kappa shape index (κ3) is 2.36. The van der Waals surface area contributed by atoms with E-state index in [0.29, 0.717) is 11.8 Å². The largest absolute Gasteiger partial charge is 0.508 e. The van der Waals surface area contributed by atoms with Gasteiger partial charge in [-0.2, -0.15) is 0 Å². The Bertz CT molecular complexity index is 775. The molecule has 25 heavy (non-hydrogen) atoms. The van der Waals surface area contributed by atoms with Crippen molar-refractivity contribution in [3.8, 4) is 11.5 Å². The van der Waals surface area contributed by atoms with Crippen LogP contribution in [0.5, 0.6) is 11.5 Å². The minimum absolute atomic E-state index is 0.125. The molecule has 1 saturated heterocycles. The molecule has 2 aromatic rings. The van der Waals surface area contributed by atoms with Gasteiger partial charge in [-0.1, -0.05) is 36.8 Å². The van der Waals surface area contributed by atoms with Gasteiger partial charge >= 0.3 is 0 Å². The van der Waals surface area contributed by atoms with E-state index in [-0.39, 0.29) is 11.5 Å². The SMILES string of the molecule is Oc1ccc2c(c1)[C@]13CCC[C@H]([C@@H]1O2)N(CCc1ccccc1)CC3. The predicted molar refractivity (Wildman–Crippen MR) is 98.2 cm³/mol. The molecule has 130 valence electrons. The van der Waals surface area contributed by atoms with Crippen LogP contribution in [0.15, 0.2) is 48.5 Å². The van der Waals surface area contributed by atoms with Crippen molar-refractivity contribution in [1.82, 2.24) is 4.90 Å².